The third-order valence-corrected chi connectivity index (χ3v) is 4.08. The van der Waals surface area contributed by atoms with Crippen molar-refractivity contribution in [1.29, 1.82) is 0 Å². The second-order valence-corrected chi connectivity index (χ2v) is 6.40. The summed E-state index contributed by atoms with van der Waals surface area (Å²) in [5, 5.41) is 0. The van der Waals surface area contributed by atoms with Gasteiger partial charge in [-0.05, 0) is 55.3 Å². The van der Waals surface area contributed by atoms with Crippen molar-refractivity contribution < 1.29 is 9.53 Å². The van der Waals surface area contributed by atoms with Crippen molar-refractivity contribution in [2.75, 3.05) is 6.61 Å². The second kappa shape index (κ2) is 9.86. The smallest absolute Gasteiger partial charge is 0.348 e. The molecule has 1 N–H and O–H groups in total. The van der Waals surface area contributed by atoms with Gasteiger partial charge in [0.05, 0.1) is 6.61 Å². The zero-order chi connectivity index (χ0) is 17.2. The lowest BCUT2D eigenvalue weighted by Gasteiger charge is -2.03. The Bertz CT molecular complexity index is 761. The third-order valence-electron chi connectivity index (χ3n) is 2.80. The Labute approximate surface area is 154 Å². The zero-order valence-corrected chi connectivity index (χ0v) is 15.5. The molecule has 0 bridgehead atoms. The zero-order valence-electron chi connectivity index (χ0n) is 13.1. The van der Waals surface area contributed by atoms with Crippen LogP contribution in [0.1, 0.15) is 12.5 Å². The molecule has 3 nitrogen and oxygen atoms in total. The first kappa shape index (κ1) is 18.2. The van der Waals surface area contributed by atoms with Crippen LogP contribution < -0.4 is 4.72 Å². The fraction of sp³-hybridized carbons (Fsp3) is 0.105. The van der Waals surface area contributed by atoms with E-state index in [1.54, 1.807) is 13.1 Å². The minimum absolute atomic E-state index is 0.283. The minimum atomic E-state index is -0.440. The Morgan fingerprint density at radius 2 is 1.92 bits per heavy atom. The van der Waals surface area contributed by atoms with E-state index in [2.05, 4.69) is 32.5 Å². The minimum Gasteiger partial charge on any atom is -0.462 e. The maximum Gasteiger partial charge on any atom is 0.348 e. The van der Waals surface area contributed by atoms with Crippen molar-refractivity contribution in [3.05, 3.63) is 76.4 Å². The van der Waals surface area contributed by atoms with E-state index in [9.17, 15) is 4.79 Å². The first-order chi connectivity index (χ1) is 11.7. The Morgan fingerprint density at radius 3 is 2.58 bits per heavy atom. The van der Waals surface area contributed by atoms with Gasteiger partial charge in [0, 0.05) is 21.1 Å². The summed E-state index contributed by atoms with van der Waals surface area (Å²) in [4.78, 5) is 13.0. The molecule has 0 saturated carbocycles. The van der Waals surface area contributed by atoms with E-state index in [1.807, 2.05) is 54.6 Å². The molecule has 0 radical (unpaired) electrons. The summed E-state index contributed by atoms with van der Waals surface area (Å²) in [6, 6.07) is 17.3. The van der Waals surface area contributed by atoms with Crippen molar-refractivity contribution in [2.45, 2.75) is 11.8 Å². The quantitative estimate of drug-likeness (QED) is 0.345. The predicted octanol–water partition coefficient (Wildman–Crippen LogP) is 4.54. The Kier molecular flexibility index (Phi) is 7.47. The van der Waals surface area contributed by atoms with E-state index < -0.39 is 5.97 Å². The van der Waals surface area contributed by atoms with Gasteiger partial charge in [-0.1, -0.05) is 46.0 Å². The van der Waals surface area contributed by atoms with Crippen molar-refractivity contribution in [1.82, 2.24) is 4.72 Å². The lowest BCUT2D eigenvalue weighted by Crippen LogP contribution is -2.09. The van der Waals surface area contributed by atoms with Crippen LogP contribution in [-0.2, 0) is 9.53 Å². The molecule has 0 aromatic heterocycles. The Balaban J connectivity index is 2.09. The van der Waals surface area contributed by atoms with Gasteiger partial charge < -0.3 is 9.46 Å². The number of carbonyl (C=O) groups excluding carboxylic acids is 1. The highest BCUT2D eigenvalue weighted by Crippen LogP contribution is 2.18. The number of hydrogen-bond acceptors (Lipinski definition) is 4. The average Bonchev–Trinajstić information content (AvgIpc) is 2.60. The van der Waals surface area contributed by atoms with E-state index in [0.29, 0.717) is 6.61 Å². The van der Waals surface area contributed by atoms with Gasteiger partial charge in [0.15, 0.2) is 0 Å². The van der Waals surface area contributed by atoms with Gasteiger partial charge >= 0.3 is 5.97 Å². The standard InChI is InChI=1S/C19H16BrNO2S/c1-2-23-19(22)16(9-8-15-6-4-3-5-7-15)14-21-24-18-12-10-17(20)11-13-18/h3-7,10-14,21H,2H2,1H3/b16-14+. The largest absolute Gasteiger partial charge is 0.462 e. The van der Waals surface area contributed by atoms with E-state index in [-0.39, 0.29) is 5.57 Å². The van der Waals surface area contributed by atoms with Crippen molar-refractivity contribution in [3.8, 4) is 11.8 Å². The van der Waals surface area contributed by atoms with Crippen LogP contribution in [0, 0.1) is 11.8 Å². The van der Waals surface area contributed by atoms with Crippen LogP contribution in [-0.4, -0.2) is 12.6 Å². The van der Waals surface area contributed by atoms with Crippen molar-refractivity contribution in [2.24, 2.45) is 0 Å². The van der Waals surface area contributed by atoms with Crippen LogP contribution in [0.3, 0.4) is 0 Å². The average molecular weight is 402 g/mol. The molecule has 0 aliphatic rings. The molecule has 24 heavy (non-hydrogen) atoms. The topological polar surface area (TPSA) is 38.3 Å². The predicted molar refractivity (Wildman–Crippen MR) is 101 cm³/mol. The van der Waals surface area contributed by atoms with Gasteiger partial charge in [0.2, 0.25) is 0 Å². The molecule has 0 heterocycles. The Hall–Kier alpha value is -2.16. The number of halogens is 1. The van der Waals surface area contributed by atoms with Gasteiger partial charge in [0.25, 0.3) is 0 Å². The molecule has 5 heteroatoms. The van der Waals surface area contributed by atoms with Crippen LogP contribution in [0.15, 0.2) is 75.7 Å². The summed E-state index contributed by atoms with van der Waals surface area (Å²) in [5.41, 5.74) is 1.12. The van der Waals surface area contributed by atoms with Crippen LogP contribution >= 0.6 is 27.9 Å². The number of esters is 1. The van der Waals surface area contributed by atoms with Gasteiger partial charge in [-0.3, -0.25) is 0 Å². The van der Waals surface area contributed by atoms with Crippen LogP contribution in [0.2, 0.25) is 0 Å². The number of rotatable bonds is 5. The van der Waals surface area contributed by atoms with Gasteiger partial charge in [-0.2, -0.15) is 0 Å². The summed E-state index contributed by atoms with van der Waals surface area (Å²) in [6.45, 7) is 2.08. The highest BCUT2D eigenvalue weighted by molar-refractivity contribution is 9.10. The molecule has 2 rings (SSSR count). The molecule has 0 aliphatic carbocycles. The SMILES string of the molecule is CCOC(=O)/C(C#Cc1ccccc1)=C/NSc1ccc(Br)cc1. The number of hydrogen-bond donors (Lipinski definition) is 1. The van der Waals surface area contributed by atoms with Crippen molar-refractivity contribution in [3.63, 3.8) is 0 Å². The van der Waals surface area contributed by atoms with Crippen LogP contribution in [0.4, 0.5) is 0 Å². The Morgan fingerprint density at radius 1 is 1.21 bits per heavy atom. The van der Waals surface area contributed by atoms with E-state index >= 15 is 0 Å². The van der Waals surface area contributed by atoms with Gasteiger partial charge in [-0.15, -0.1) is 0 Å². The van der Waals surface area contributed by atoms with Crippen LogP contribution in [0.5, 0.6) is 0 Å². The van der Waals surface area contributed by atoms with Gasteiger partial charge in [-0.25, -0.2) is 4.79 Å². The summed E-state index contributed by atoms with van der Waals surface area (Å²) in [6.07, 6.45) is 1.57. The maximum absolute atomic E-state index is 12.0. The molecular formula is C19H16BrNO2S. The summed E-state index contributed by atoms with van der Waals surface area (Å²) in [7, 11) is 0. The van der Waals surface area contributed by atoms with Crippen molar-refractivity contribution >= 4 is 33.8 Å². The monoisotopic (exact) mass is 401 g/mol. The molecule has 0 aliphatic heterocycles. The molecule has 2 aromatic rings. The van der Waals surface area contributed by atoms with E-state index in [1.165, 1.54) is 11.9 Å². The molecule has 122 valence electrons. The van der Waals surface area contributed by atoms with Gasteiger partial charge in [0.1, 0.15) is 5.57 Å². The number of nitrogens with one attached hydrogen (secondary N) is 1. The molecule has 0 spiro atoms. The normalized spacial score (nSPS) is 10.5. The molecule has 0 atom stereocenters. The molecule has 0 unspecified atom stereocenters. The van der Waals surface area contributed by atoms with E-state index in [0.717, 1.165) is 14.9 Å². The fourth-order valence-corrected chi connectivity index (χ4v) is 2.52. The first-order valence-electron chi connectivity index (χ1n) is 7.31. The molecular weight excluding hydrogens is 386 g/mol. The second-order valence-electron chi connectivity index (χ2n) is 4.57. The summed E-state index contributed by atoms with van der Waals surface area (Å²) in [5.74, 6) is 5.39. The lowest BCUT2D eigenvalue weighted by molar-refractivity contribution is -0.138. The lowest BCUT2D eigenvalue weighted by atomic mass is 10.2. The number of carbonyl (C=O) groups is 1. The maximum atomic E-state index is 12.0. The molecule has 0 fully saturated rings. The number of benzene rings is 2. The molecule has 2 aromatic carbocycles. The highest BCUT2D eigenvalue weighted by atomic mass is 79.9. The summed E-state index contributed by atoms with van der Waals surface area (Å²) >= 11 is 4.79. The first-order valence-corrected chi connectivity index (χ1v) is 8.92. The summed E-state index contributed by atoms with van der Waals surface area (Å²) < 4.78 is 9.10. The highest BCUT2D eigenvalue weighted by Gasteiger charge is 2.07. The molecule has 0 saturated heterocycles. The number of ether oxygens (including phenoxy) is 1. The fourth-order valence-electron chi connectivity index (χ4n) is 1.67. The van der Waals surface area contributed by atoms with E-state index in [4.69, 9.17) is 4.74 Å². The molecule has 0 amide bonds. The third kappa shape index (κ3) is 6.15. The van der Waals surface area contributed by atoms with Crippen LogP contribution in [0.25, 0.3) is 0 Å².